The summed E-state index contributed by atoms with van der Waals surface area (Å²) in [6.45, 7) is 1.96. The number of benzene rings is 3. The third kappa shape index (κ3) is 3.24. The van der Waals surface area contributed by atoms with E-state index in [1.807, 2.05) is 85.8 Å². The second kappa shape index (κ2) is 7.33. The van der Waals surface area contributed by atoms with Crippen LogP contribution in [0.25, 0.3) is 27.8 Å². The first-order chi connectivity index (χ1) is 14.7. The Morgan fingerprint density at radius 2 is 1.70 bits per heavy atom. The van der Waals surface area contributed by atoms with Gasteiger partial charge in [-0.15, -0.1) is 0 Å². The molecule has 6 nitrogen and oxygen atoms in total. The molecular formula is C24H19N5O. The predicted octanol–water partition coefficient (Wildman–Crippen LogP) is 4.98. The summed E-state index contributed by atoms with van der Waals surface area (Å²) < 4.78 is 1.80. The van der Waals surface area contributed by atoms with E-state index in [1.54, 1.807) is 10.9 Å². The second-order valence-electron chi connectivity index (χ2n) is 7.11. The maximum absolute atomic E-state index is 13.1. The number of hydrogen-bond acceptors (Lipinski definition) is 3. The van der Waals surface area contributed by atoms with Crippen molar-refractivity contribution in [3.63, 3.8) is 0 Å². The predicted molar refractivity (Wildman–Crippen MR) is 118 cm³/mol. The van der Waals surface area contributed by atoms with E-state index in [-0.39, 0.29) is 5.91 Å². The highest BCUT2D eigenvalue weighted by molar-refractivity contribution is 6.05. The minimum atomic E-state index is -0.260. The van der Waals surface area contributed by atoms with E-state index in [0.29, 0.717) is 5.69 Å². The van der Waals surface area contributed by atoms with E-state index in [0.717, 1.165) is 39.1 Å². The molecule has 2 heterocycles. The highest BCUT2D eigenvalue weighted by atomic mass is 16.2. The van der Waals surface area contributed by atoms with Crippen molar-refractivity contribution in [3.8, 4) is 16.9 Å². The summed E-state index contributed by atoms with van der Waals surface area (Å²) in [7, 11) is 0. The highest BCUT2D eigenvalue weighted by Gasteiger charge is 2.17. The maximum atomic E-state index is 13.1. The van der Waals surface area contributed by atoms with Crippen molar-refractivity contribution in [2.75, 3.05) is 5.32 Å². The molecule has 5 rings (SSSR count). The van der Waals surface area contributed by atoms with E-state index in [4.69, 9.17) is 0 Å². The molecule has 3 aromatic carbocycles. The summed E-state index contributed by atoms with van der Waals surface area (Å²) in [6.07, 6.45) is 1.77. The molecule has 5 aromatic rings. The molecule has 30 heavy (non-hydrogen) atoms. The monoisotopic (exact) mass is 393 g/mol. The molecule has 0 radical (unpaired) electrons. The number of hydrogen-bond donors (Lipinski definition) is 2. The molecule has 0 fully saturated rings. The van der Waals surface area contributed by atoms with Crippen molar-refractivity contribution in [2.24, 2.45) is 0 Å². The van der Waals surface area contributed by atoms with Crippen LogP contribution < -0.4 is 5.32 Å². The van der Waals surface area contributed by atoms with Crippen LogP contribution in [0, 0.1) is 6.92 Å². The molecule has 0 spiro atoms. The summed E-state index contributed by atoms with van der Waals surface area (Å²) in [5, 5.41) is 15.6. The number of carbonyl (C=O) groups is 1. The van der Waals surface area contributed by atoms with Gasteiger partial charge in [0.15, 0.2) is 5.69 Å². The van der Waals surface area contributed by atoms with Gasteiger partial charge >= 0.3 is 0 Å². The van der Waals surface area contributed by atoms with E-state index in [1.165, 1.54) is 0 Å². The minimum Gasteiger partial charge on any atom is -0.320 e. The van der Waals surface area contributed by atoms with Gasteiger partial charge in [0.05, 0.1) is 23.1 Å². The van der Waals surface area contributed by atoms with Crippen LogP contribution in [0.3, 0.4) is 0 Å². The lowest BCUT2D eigenvalue weighted by Crippen LogP contribution is -2.14. The zero-order valence-electron chi connectivity index (χ0n) is 16.3. The van der Waals surface area contributed by atoms with E-state index >= 15 is 0 Å². The Bertz CT molecular complexity index is 1280. The lowest BCUT2D eigenvalue weighted by Gasteiger charge is -2.08. The molecule has 0 aliphatic rings. The smallest absolute Gasteiger partial charge is 0.276 e. The standard InChI is InChI=1S/C24H19N5O/c1-16-12-18-15-25-27-21(18)13-20(16)26-24(30)22-14-23(17-8-4-2-5-9-17)29(28-22)19-10-6-3-7-11-19/h2-15H,1H3,(H,25,27)(H,26,30). The van der Waals surface area contributed by atoms with Crippen LogP contribution in [-0.2, 0) is 0 Å². The zero-order valence-corrected chi connectivity index (χ0v) is 16.3. The molecule has 0 bridgehead atoms. The fourth-order valence-electron chi connectivity index (χ4n) is 3.50. The number of aromatic nitrogens is 4. The van der Waals surface area contributed by atoms with E-state index in [2.05, 4.69) is 20.6 Å². The van der Waals surface area contributed by atoms with Crippen LogP contribution in [0.5, 0.6) is 0 Å². The number of nitrogens with zero attached hydrogens (tertiary/aromatic N) is 3. The normalized spacial score (nSPS) is 11.0. The van der Waals surface area contributed by atoms with Crippen molar-refractivity contribution < 1.29 is 4.79 Å². The Morgan fingerprint density at radius 1 is 0.967 bits per heavy atom. The molecule has 146 valence electrons. The van der Waals surface area contributed by atoms with Crippen molar-refractivity contribution >= 4 is 22.5 Å². The van der Waals surface area contributed by atoms with Crippen molar-refractivity contribution in [1.82, 2.24) is 20.0 Å². The molecule has 0 aliphatic carbocycles. The summed E-state index contributed by atoms with van der Waals surface area (Å²) >= 11 is 0. The fourth-order valence-corrected chi connectivity index (χ4v) is 3.50. The highest BCUT2D eigenvalue weighted by Crippen LogP contribution is 2.26. The zero-order chi connectivity index (χ0) is 20.5. The molecule has 6 heteroatoms. The Labute approximate surface area is 173 Å². The maximum Gasteiger partial charge on any atom is 0.276 e. The number of aromatic amines is 1. The van der Waals surface area contributed by atoms with Gasteiger partial charge in [0.25, 0.3) is 5.91 Å². The number of rotatable bonds is 4. The Morgan fingerprint density at radius 3 is 2.47 bits per heavy atom. The second-order valence-corrected chi connectivity index (χ2v) is 7.11. The molecule has 2 aromatic heterocycles. The van der Waals surface area contributed by atoms with Gasteiger partial charge in [-0.3, -0.25) is 9.89 Å². The van der Waals surface area contributed by atoms with Gasteiger partial charge in [0.1, 0.15) is 0 Å². The number of carbonyl (C=O) groups excluding carboxylic acids is 1. The molecule has 0 atom stereocenters. The third-order valence-electron chi connectivity index (χ3n) is 5.05. The van der Waals surface area contributed by atoms with Crippen LogP contribution >= 0.6 is 0 Å². The molecule has 0 unspecified atom stereocenters. The quantitative estimate of drug-likeness (QED) is 0.452. The van der Waals surface area contributed by atoms with Crippen LogP contribution in [0.4, 0.5) is 5.69 Å². The lowest BCUT2D eigenvalue weighted by molar-refractivity contribution is 0.102. The Kier molecular flexibility index (Phi) is 4.37. The van der Waals surface area contributed by atoms with Crippen LogP contribution in [0.2, 0.25) is 0 Å². The minimum absolute atomic E-state index is 0.260. The van der Waals surface area contributed by atoms with Gasteiger partial charge < -0.3 is 5.32 Å². The number of nitrogens with one attached hydrogen (secondary N) is 2. The summed E-state index contributed by atoms with van der Waals surface area (Å²) in [5.41, 5.74) is 5.65. The summed E-state index contributed by atoms with van der Waals surface area (Å²) in [4.78, 5) is 13.1. The van der Waals surface area contributed by atoms with Gasteiger partial charge in [-0.1, -0.05) is 48.5 Å². The topological polar surface area (TPSA) is 75.6 Å². The SMILES string of the molecule is Cc1cc2cn[nH]c2cc1NC(=O)c1cc(-c2ccccc2)n(-c2ccccc2)n1. The Hall–Kier alpha value is -4.19. The van der Waals surface area contributed by atoms with Gasteiger partial charge in [0, 0.05) is 16.6 Å². The largest absolute Gasteiger partial charge is 0.320 e. The van der Waals surface area contributed by atoms with E-state index < -0.39 is 0 Å². The average molecular weight is 393 g/mol. The van der Waals surface area contributed by atoms with Gasteiger partial charge in [0.2, 0.25) is 0 Å². The van der Waals surface area contributed by atoms with Crippen LogP contribution in [0.1, 0.15) is 16.1 Å². The van der Waals surface area contributed by atoms with E-state index in [9.17, 15) is 4.79 Å². The van der Waals surface area contributed by atoms with Crippen molar-refractivity contribution in [1.29, 1.82) is 0 Å². The van der Waals surface area contributed by atoms with Crippen molar-refractivity contribution in [2.45, 2.75) is 6.92 Å². The summed E-state index contributed by atoms with van der Waals surface area (Å²) in [5.74, 6) is -0.260. The fraction of sp³-hybridized carbons (Fsp3) is 0.0417. The molecule has 2 N–H and O–H groups in total. The number of anilines is 1. The number of para-hydroxylation sites is 1. The first-order valence-corrected chi connectivity index (χ1v) is 9.65. The molecule has 0 saturated heterocycles. The van der Waals surface area contributed by atoms with Crippen LogP contribution in [0.15, 0.2) is 85.1 Å². The third-order valence-corrected chi connectivity index (χ3v) is 5.05. The number of H-pyrrole nitrogens is 1. The lowest BCUT2D eigenvalue weighted by atomic mass is 10.1. The first-order valence-electron chi connectivity index (χ1n) is 9.65. The first kappa shape index (κ1) is 17.9. The van der Waals surface area contributed by atoms with Gasteiger partial charge in [-0.05, 0) is 42.8 Å². The van der Waals surface area contributed by atoms with Crippen LogP contribution in [-0.4, -0.2) is 25.9 Å². The molecular weight excluding hydrogens is 374 g/mol. The molecule has 0 saturated carbocycles. The average Bonchev–Trinajstić information content (AvgIpc) is 3.42. The number of fused-ring (bicyclic) bond motifs is 1. The number of amides is 1. The Balaban J connectivity index is 1.54. The molecule has 0 aliphatic heterocycles. The number of aryl methyl sites for hydroxylation is 1. The van der Waals surface area contributed by atoms with Gasteiger partial charge in [-0.2, -0.15) is 10.2 Å². The van der Waals surface area contributed by atoms with Gasteiger partial charge in [-0.25, -0.2) is 4.68 Å². The molecule has 1 amide bonds. The summed E-state index contributed by atoms with van der Waals surface area (Å²) in [6, 6.07) is 25.4. The van der Waals surface area contributed by atoms with Crippen molar-refractivity contribution in [3.05, 3.63) is 96.3 Å².